The SMILES string of the molecule is CCC(C(N)=S)N1CCN(C(=O)c2ccnnc2)CC1. The summed E-state index contributed by atoms with van der Waals surface area (Å²) in [5, 5.41) is 7.42. The molecular weight excluding hydrogens is 274 g/mol. The monoisotopic (exact) mass is 293 g/mol. The summed E-state index contributed by atoms with van der Waals surface area (Å²) in [5.41, 5.74) is 6.34. The summed E-state index contributed by atoms with van der Waals surface area (Å²) in [6.07, 6.45) is 3.93. The molecule has 1 amide bonds. The van der Waals surface area contributed by atoms with Gasteiger partial charge in [0.2, 0.25) is 0 Å². The van der Waals surface area contributed by atoms with Crippen molar-refractivity contribution in [3.63, 3.8) is 0 Å². The number of amides is 1. The molecule has 1 atom stereocenters. The van der Waals surface area contributed by atoms with Gasteiger partial charge in [-0.3, -0.25) is 9.69 Å². The number of carbonyl (C=O) groups excluding carboxylic acids is 1. The number of hydrogen-bond acceptors (Lipinski definition) is 5. The fraction of sp³-hybridized carbons (Fsp3) is 0.538. The zero-order chi connectivity index (χ0) is 14.5. The molecule has 0 saturated carbocycles. The molecule has 2 N–H and O–H groups in total. The van der Waals surface area contributed by atoms with Crippen molar-refractivity contribution in [3.8, 4) is 0 Å². The van der Waals surface area contributed by atoms with Crippen LogP contribution in [0, 0.1) is 0 Å². The molecular formula is C13H19N5OS. The first kappa shape index (κ1) is 14.8. The number of carbonyl (C=O) groups is 1. The van der Waals surface area contributed by atoms with E-state index in [1.807, 2.05) is 4.90 Å². The minimum atomic E-state index is 0.00271. The Kier molecular flexibility index (Phi) is 4.97. The minimum absolute atomic E-state index is 0.00271. The summed E-state index contributed by atoms with van der Waals surface area (Å²) < 4.78 is 0. The van der Waals surface area contributed by atoms with Gasteiger partial charge in [-0.1, -0.05) is 19.1 Å². The number of nitrogens with zero attached hydrogens (tertiary/aromatic N) is 4. The highest BCUT2D eigenvalue weighted by molar-refractivity contribution is 7.80. The van der Waals surface area contributed by atoms with E-state index in [1.54, 1.807) is 6.07 Å². The number of thiocarbonyl (C=S) groups is 1. The predicted molar refractivity (Wildman–Crippen MR) is 80.4 cm³/mol. The lowest BCUT2D eigenvalue weighted by Gasteiger charge is -2.38. The van der Waals surface area contributed by atoms with Crippen LogP contribution in [0.4, 0.5) is 0 Å². The first-order chi connectivity index (χ1) is 9.63. The lowest BCUT2D eigenvalue weighted by molar-refractivity contribution is 0.0611. The third-order valence-corrected chi connectivity index (χ3v) is 3.86. The van der Waals surface area contributed by atoms with Crippen LogP contribution < -0.4 is 5.73 Å². The molecule has 1 saturated heterocycles. The number of aromatic nitrogens is 2. The number of piperazine rings is 1. The van der Waals surface area contributed by atoms with Crippen molar-refractivity contribution in [2.45, 2.75) is 19.4 Å². The maximum Gasteiger partial charge on any atom is 0.255 e. The Morgan fingerprint density at radius 1 is 1.40 bits per heavy atom. The molecule has 6 nitrogen and oxygen atoms in total. The number of hydrogen-bond donors (Lipinski definition) is 1. The Hall–Kier alpha value is -1.60. The van der Waals surface area contributed by atoms with Crippen LogP contribution in [0.2, 0.25) is 0 Å². The highest BCUT2D eigenvalue weighted by Crippen LogP contribution is 2.12. The van der Waals surface area contributed by atoms with E-state index < -0.39 is 0 Å². The van der Waals surface area contributed by atoms with Gasteiger partial charge in [-0.2, -0.15) is 10.2 Å². The molecule has 108 valence electrons. The van der Waals surface area contributed by atoms with Gasteiger partial charge in [0, 0.05) is 26.2 Å². The summed E-state index contributed by atoms with van der Waals surface area (Å²) in [4.78, 5) is 16.9. The van der Waals surface area contributed by atoms with Crippen molar-refractivity contribution in [2.75, 3.05) is 26.2 Å². The zero-order valence-electron chi connectivity index (χ0n) is 11.5. The highest BCUT2D eigenvalue weighted by Gasteiger charge is 2.27. The Bertz CT molecular complexity index is 473. The summed E-state index contributed by atoms with van der Waals surface area (Å²) >= 11 is 5.09. The molecule has 20 heavy (non-hydrogen) atoms. The summed E-state index contributed by atoms with van der Waals surface area (Å²) in [6, 6.07) is 1.82. The zero-order valence-corrected chi connectivity index (χ0v) is 12.3. The van der Waals surface area contributed by atoms with Crippen molar-refractivity contribution in [1.29, 1.82) is 0 Å². The molecule has 0 aromatic carbocycles. The van der Waals surface area contributed by atoms with E-state index in [4.69, 9.17) is 18.0 Å². The average molecular weight is 293 g/mol. The predicted octanol–water partition coefficient (Wildman–Crippen LogP) is 0.299. The van der Waals surface area contributed by atoms with E-state index in [0.29, 0.717) is 23.6 Å². The normalized spacial score (nSPS) is 17.8. The Balaban J connectivity index is 1.94. The molecule has 2 heterocycles. The van der Waals surface area contributed by atoms with Crippen molar-refractivity contribution in [2.24, 2.45) is 5.73 Å². The van der Waals surface area contributed by atoms with Crippen LogP contribution >= 0.6 is 12.2 Å². The Morgan fingerprint density at radius 2 is 2.10 bits per heavy atom. The number of nitrogens with two attached hydrogens (primary N) is 1. The maximum atomic E-state index is 12.3. The molecule has 1 unspecified atom stereocenters. The molecule has 0 aliphatic carbocycles. The first-order valence-corrected chi connectivity index (χ1v) is 7.13. The van der Waals surface area contributed by atoms with Gasteiger partial charge in [0.15, 0.2) is 0 Å². The van der Waals surface area contributed by atoms with Gasteiger partial charge in [0.25, 0.3) is 5.91 Å². The third kappa shape index (κ3) is 3.29. The Labute approximate surface area is 123 Å². The molecule has 7 heteroatoms. The van der Waals surface area contributed by atoms with Crippen LogP contribution in [0.3, 0.4) is 0 Å². The lowest BCUT2D eigenvalue weighted by atomic mass is 10.1. The largest absolute Gasteiger partial charge is 0.392 e. The van der Waals surface area contributed by atoms with E-state index in [9.17, 15) is 4.79 Å². The summed E-state index contributed by atoms with van der Waals surface area (Å²) in [6.45, 7) is 5.02. The molecule has 1 aromatic rings. The van der Waals surface area contributed by atoms with Crippen molar-refractivity contribution in [3.05, 3.63) is 24.0 Å². The molecule has 1 aromatic heterocycles. The van der Waals surface area contributed by atoms with Crippen LogP contribution in [-0.4, -0.2) is 63.1 Å². The maximum absolute atomic E-state index is 12.3. The molecule has 1 aliphatic rings. The molecule has 0 bridgehead atoms. The van der Waals surface area contributed by atoms with Crippen LogP contribution in [0.15, 0.2) is 18.5 Å². The lowest BCUT2D eigenvalue weighted by Crippen LogP contribution is -2.54. The molecule has 1 aliphatic heterocycles. The van der Waals surface area contributed by atoms with E-state index in [1.165, 1.54) is 12.4 Å². The first-order valence-electron chi connectivity index (χ1n) is 6.72. The van der Waals surface area contributed by atoms with Crippen LogP contribution in [0.5, 0.6) is 0 Å². The number of rotatable bonds is 4. The van der Waals surface area contributed by atoms with Crippen LogP contribution in [0.25, 0.3) is 0 Å². The van der Waals surface area contributed by atoms with Crippen molar-refractivity contribution >= 4 is 23.1 Å². The third-order valence-electron chi connectivity index (χ3n) is 3.59. The molecule has 0 spiro atoms. The van der Waals surface area contributed by atoms with E-state index in [-0.39, 0.29) is 11.9 Å². The van der Waals surface area contributed by atoms with E-state index >= 15 is 0 Å². The van der Waals surface area contributed by atoms with Crippen molar-refractivity contribution in [1.82, 2.24) is 20.0 Å². The second-order valence-electron chi connectivity index (χ2n) is 4.79. The second kappa shape index (κ2) is 6.71. The topological polar surface area (TPSA) is 75.3 Å². The van der Waals surface area contributed by atoms with Gasteiger partial charge >= 0.3 is 0 Å². The fourth-order valence-electron chi connectivity index (χ4n) is 2.48. The van der Waals surface area contributed by atoms with Gasteiger partial charge in [-0.25, -0.2) is 0 Å². The van der Waals surface area contributed by atoms with Crippen LogP contribution in [-0.2, 0) is 0 Å². The highest BCUT2D eigenvalue weighted by atomic mass is 32.1. The van der Waals surface area contributed by atoms with Gasteiger partial charge < -0.3 is 10.6 Å². The van der Waals surface area contributed by atoms with E-state index in [0.717, 1.165) is 19.5 Å². The van der Waals surface area contributed by atoms with Gasteiger partial charge in [-0.05, 0) is 12.5 Å². The Morgan fingerprint density at radius 3 is 2.60 bits per heavy atom. The minimum Gasteiger partial charge on any atom is -0.392 e. The molecule has 1 fully saturated rings. The van der Waals surface area contributed by atoms with Gasteiger partial charge in [0.05, 0.1) is 29.0 Å². The standard InChI is InChI=1S/C13H19N5OS/c1-2-11(12(14)20)17-5-7-18(8-6-17)13(19)10-3-4-15-16-9-10/h3-4,9,11H,2,5-8H2,1H3,(H2,14,20). The smallest absolute Gasteiger partial charge is 0.255 e. The van der Waals surface area contributed by atoms with Gasteiger partial charge in [0.1, 0.15) is 0 Å². The van der Waals surface area contributed by atoms with Crippen molar-refractivity contribution < 1.29 is 4.79 Å². The quantitative estimate of drug-likeness (QED) is 0.805. The second-order valence-corrected chi connectivity index (χ2v) is 5.26. The van der Waals surface area contributed by atoms with E-state index in [2.05, 4.69) is 22.0 Å². The molecule has 2 rings (SSSR count). The average Bonchev–Trinajstić information content (AvgIpc) is 2.48. The summed E-state index contributed by atoms with van der Waals surface area (Å²) in [5.74, 6) is 0.00271. The fourth-order valence-corrected chi connectivity index (χ4v) is 2.79. The summed E-state index contributed by atoms with van der Waals surface area (Å²) in [7, 11) is 0. The van der Waals surface area contributed by atoms with Gasteiger partial charge in [-0.15, -0.1) is 0 Å². The molecule has 0 radical (unpaired) electrons. The van der Waals surface area contributed by atoms with Crippen LogP contribution in [0.1, 0.15) is 23.7 Å².